The summed E-state index contributed by atoms with van der Waals surface area (Å²) >= 11 is 0. The molecule has 5 heteroatoms. The number of unbranched alkanes of at least 4 members (excludes halogenated alkanes) is 1. The minimum Gasteiger partial charge on any atom is -0.370 e. The Morgan fingerprint density at radius 3 is 2.32 bits per heavy atom. The van der Waals surface area contributed by atoms with E-state index in [9.17, 15) is 0 Å². The highest BCUT2D eigenvalue weighted by Crippen LogP contribution is 2.24. The number of guanidine groups is 2. The Kier molecular flexibility index (Phi) is 5.36. The van der Waals surface area contributed by atoms with Gasteiger partial charge in [0.2, 0.25) is 5.96 Å². The van der Waals surface area contributed by atoms with Crippen LogP contribution in [0.1, 0.15) is 30.9 Å². The molecule has 0 aromatic heterocycles. The highest BCUT2D eigenvalue weighted by molar-refractivity contribution is 6.04. The molecule has 0 spiro atoms. The quantitative estimate of drug-likeness (QED) is 0.495. The lowest BCUT2D eigenvalue weighted by Gasteiger charge is -2.28. The van der Waals surface area contributed by atoms with Gasteiger partial charge in [-0.2, -0.15) is 0 Å². The van der Waals surface area contributed by atoms with Gasteiger partial charge in [0.25, 0.3) is 0 Å². The molecule has 0 fully saturated rings. The van der Waals surface area contributed by atoms with E-state index in [1.165, 1.54) is 0 Å². The largest absolute Gasteiger partial charge is 0.370 e. The zero-order valence-corrected chi connectivity index (χ0v) is 11.9. The molecule has 0 aliphatic heterocycles. The first-order chi connectivity index (χ1) is 8.97. The molecule has 0 amide bonds. The summed E-state index contributed by atoms with van der Waals surface area (Å²) < 4.78 is 0. The summed E-state index contributed by atoms with van der Waals surface area (Å²) in [5.41, 5.74) is 8.58. The molecule has 1 rings (SSSR count). The maximum absolute atomic E-state index is 8.08. The molecule has 5 nitrogen and oxygen atoms in total. The maximum atomic E-state index is 8.08. The highest BCUT2D eigenvalue weighted by Gasteiger charge is 2.16. The molecule has 0 heterocycles. The van der Waals surface area contributed by atoms with E-state index < -0.39 is 0 Å². The van der Waals surface area contributed by atoms with Gasteiger partial charge in [0.15, 0.2) is 5.96 Å². The van der Waals surface area contributed by atoms with Crippen LogP contribution in [0.4, 0.5) is 5.69 Å². The highest BCUT2D eigenvalue weighted by atomic mass is 15.3. The van der Waals surface area contributed by atoms with Gasteiger partial charge in [0.1, 0.15) is 0 Å². The van der Waals surface area contributed by atoms with Crippen LogP contribution in [-0.2, 0) is 0 Å². The van der Waals surface area contributed by atoms with Gasteiger partial charge in [0.05, 0.1) is 0 Å². The third-order valence-corrected chi connectivity index (χ3v) is 2.97. The number of rotatable bonds is 4. The van der Waals surface area contributed by atoms with Gasteiger partial charge < -0.3 is 10.6 Å². The van der Waals surface area contributed by atoms with Gasteiger partial charge in [-0.25, -0.2) is 0 Å². The molecule has 5 N–H and O–H groups in total. The molecule has 0 saturated carbocycles. The molecular formula is C14H23N5. The van der Waals surface area contributed by atoms with Gasteiger partial charge in [-0.05, 0) is 31.4 Å². The van der Waals surface area contributed by atoms with Crippen molar-refractivity contribution in [1.29, 1.82) is 10.8 Å². The van der Waals surface area contributed by atoms with E-state index in [-0.39, 0.29) is 11.9 Å². The Labute approximate surface area is 114 Å². The van der Waals surface area contributed by atoms with Crippen molar-refractivity contribution in [3.63, 3.8) is 0 Å². The molecule has 0 radical (unpaired) electrons. The molecule has 0 atom stereocenters. The van der Waals surface area contributed by atoms with Gasteiger partial charge in [-0.1, -0.05) is 31.5 Å². The van der Waals surface area contributed by atoms with Gasteiger partial charge in [0, 0.05) is 12.2 Å². The van der Waals surface area contributed by atoms with Crippen LogP contribution in [0.2, 0.25) is 0 Å². The Hall–Kier alpha value is -2.04. The van der Waals surface area contributed by atoms with Crippen molar-refractivity contribution in [1.82, 2.24) is 5.32 Å². The summed E-state index contributed by atoms with van der Waals surface area (Å²) in [6, 6.07) is 6.07. The second-order valence-corrected chi connectivity index (χ2v) is 4.63. The van der Waals surface area contributed by atoms with E-state index >= 15 is 0 Å². The SMILES string of the molecule is CCCCN(C(=N)NC(=N)N)c1c(C)cccc1C. The van der Waals surface area contributed by atoms with Gasteiger partial charge in [-0.3, -0.25) is 16.1 Å². The molecule has 0 bridgehead atoms. The molecule has 1 aromatic rings. The van der Waals surface area contributed by atoms with Crippen molar-refractivity contribution < 1.29 is 0 Å². The van der Waals surface area contributed by atoms with Crippen LogP contribution in [-0.4, -0.2) is 18.5 Å². The smallest absolute Gasteiger partial charge is 0.202 e. The standard InChI is InChI=1S/C14H23N5/c1-4-5-9-19(14(17)18-13(15)16)12-10(2)7-6-8-11(12)3/h6-8H,4-5,9H2,1-3H3,(H5,15,16,17,18). The summed E-state index contributed by atoms with van der Waals surface area (Å²) in [6.45, 7) is 6.91. The fraction of sp³-hybridized carbons (Fsp3) is 0.429. The normalized spacial score (nSPS) is 10.1. The van der Waals surface area contributed by atoms with E-state index in [4.69, 9.17) is 16.6 Å². The fourth-order valence-corrected chi connectivity index (χ4v) is 2.08. The van der Waals surface area contributed by atoms with Gasteiger partial charge >= 0.3 is 0 Å². The predicted molar refractivity (Wildman–Crippen MR) is 80.9 cm³/mol. The van der Waals surface area contributed by atoms with Crippen molar-refractivity contribution in [2.75, 3.05) is 11.4 Å². The number of aryl methyl sites for hydroxylation is 2. The fourth-order valence-electron chi connectivity index (χ4n) is 2.08. The molecule has 104 valence electrons. The molecule has 19 heavy (non-hydrogen) atoms. The third-order valence-electron chi connectivity index (χ3n) is 2.97. The van der Waals surface area contributed by atoms with E-state index in [1.54, 1.807) is 0 Å². The Morgan fingerprint density at radius 2 is 1.84 bits per heavy atom. The van der Waals surface area contributed by atoms with Crippen molar-refractivity contribution in [3.8, 4) is 0 Å². The average Bonchev–Trinajstić information content (AvgIpc) is 2.31. The average molecular weight is 261 g/mol. The zero-order valence-electron chi connectivity index (χ0n) is 11.9. The minimum absolute atomic E-state index is 0.151. The Bertz CT molecular complexity index is 447. The van der Waals surface area contributed by atoms with Crippen LogP contribution in [0.25, 0.3) is 0 Å². The van der Waals surface area contributed by atoms with E-state index in [0.717, 1.165) is 36.2 Å². The van der Waals surface area contributed by atoms with Crippen molar-refractivity contribution in [2.24, 2.45) is 5.73 Å². The molecular weight excluding hydrogens is 238 g/mol. The first kappa shape index (κ1) is 15.0. The second kappa shape index (κ2) is 6.78. The topological polar surface area (TPSA) is 89.0 Å². The monoisotopic (exact) mass is 261 g/mol. The summed E-state index contributed by atoms with van der Waals surface area (Å²) in [5.74, 6) is -0.0592. The molecule has 0 saturated heterocycles. The number of nitrogens with zero attached hydrogens (tertiary/aromatic N) is 1. The van der Waals surface area contributed by atoms with Gasteiger partial charge in [-0.15, -0.1) is 0 Å². The van der Waals surface area contributed by atoms with E-state index in [0.29, 0.717) is 0 Å². The van der Waals surface area contributed by atoms with Crippen LogP contribution < -0.4 is 16.0 Å². The maximum Gasteiger partial charge on any atom is 0.202 e. The van der Waals surface area contributed by atoms with E-state index in [2.05, 4.69) is 12.2 Å². The van der Waals surface area contributed by atoms with Crippen molar-refractivity contribution >= 4 is 17.6 Å². The van der Waals surface area contributed by atoms with Crippen molar-refractivity contribution in [3.05, 3.63) is 29.3 Å². The van der Waals surface area contributed by atoms with Crippen LogP contribution in [0.15, 0.2) is 18.2 Å². The number of nitrogens with one attached hydrogen (secondary N) is 3. The van der Waals surface area contributed by atoms with Crippen LogP contribution in [0.5, 0.6) is 0 Å². The lowest BCUT2D eigenvalue weighted by Crippen LogP contribution is -2.47. The zero-order chi connectivity index (χ0) is 14.4. The Morgan fingerprint density at radius 1 is 1.26 bits per heavy atom. The molecule has 1 aromatic carbocycles. The first-order valence-electron chi connectivity index (χ1n) is 6.50. The third kappa shape index (κ3) is 3.98. The number of anilines is 1. The molecule has 0 unspecified atom stereocenters. The van der Waals surface area contributed by atoms with Crippen molar-refractivity contribution in [2.45, 2.75) is 33.6 Å². The number of para-hydroxylation sites is 1. The van der Waals surface area contributed by atoms with Crippen LogP contribution >= 0.6 is 0 Å². The summed E-state index contributed by atoms with van der Waals surface area (Å²) in [5, 5.41) is 17.9. The molecule has 0 aliphatic rings. The number of hydrogen-bond donors (Lipinski definition) is 4. The number of benzene rings is 1. The predicted octanol–water partition coefficient (Wildman–Crippen LogP) is 2.33. The summed E-state index contributed by atoms with van der Waals surface area (Å²) in [7, 11) is 0. The minimum atomic E-state index is -0.210. The number of nitrogens with two attached hydrogens (primary N) is 1. The van der Waals surface area contributed by atoms with E-state index in [1.807, 2.05) is 36.9 Å². The van der Waals surface area contributed by atoms with Crippen LogP contribution in [0, 0.1) is 24.7 Å². The lowest BCUT2D eigenvalue weighted by atomic mass is 10.1. The summed E-state index contributed by atoms with van der Waals surface area (Å²) in [4.78, 5) is 1.88. The van der Waals surface area contributed by atoms with Crippen LogP contribution in [0.3, 0.4) is 0 Å². The first-order valence-corrected chi connectivity index (χ1v) is 6.50. The molecule has 0 aliphatic carbocycles. The number of hydrogen-bond acceptors (Lipinski definition) is 2. The lowest BCUT2D eigenvalue weighted by molar-refractivity contribution is 0.784. The Balaban J connectivity index is 3.08. The summed E-state index contributed by atoms with van der Waals surface area (Å²) in [6.07, 6.45) is 2.03. The second-order valence-electron chi connectivity index (χ2n) is 4.63.